The summed E-state index contributed by atoms with van der Waals surface area (Å²) < 4.78 is 10.5. The Balaban J connectivity index is 2.62. The molecule has 4 nitrogen and oxygen atoms in total. The van der Waals surface area contributed by atoms with Crippen molar-refractivity contribution in [3.63, 3.8) is 0 Å². The molecule has 0 radical (unpaired) electrons. The van der Waals surface area contributed by atoms with Gasteiger partial charge in [0.05, 0.1) is 25.3 Å². The topological polar surface area (TPSA) is 66.0 Å². The van der Waals surface area contributed by atoms with Crippen LogP contribution in [0.25, 0.3) is 11.1 Å². The van der Waals surface area contributed by atoms with Crippen LogP contribution in [0.1, 0.15) is 11.1 Å². The van der Waals surface area contributed by atoms with E-state index in [9.17, 15) is 0 Å². The van der Waals surface area contributed by atoms with E-state index in [-0.39, 0.29) is 0 Å². The number of hydrogen-bond donors (Lipinski definition) is 0. The first-order valence-electron chi connectivity index (χ1n) is 5.90. The Bertz CT molecular complexity index is 724. The van der Waals surface area contributed by atoms with Crippen molar-refractivity contribution < 1.29 is 9.47 Å². The quantitative estimate of drug-likeness (QED) is 0.854. The van der Waals surface area contributed by atoms with Crippen LogP contribution in [0.2, 0.25) is 0 Å². The lowest BCUT2D eigenvalue weighted by molar-refractivity contribution is 0.404. The number of ether oxygens (including phenoxy) is 2. The van der Waals surface area contributed by atoms with Crippen LogP contribution in [0, 0.1) is 22.7 Å². The molecule has 0 amide bonds. The third-order valence-corrected chi connectivity index (χ3v) is 2.98. The lowest BCUT2D eigenvalue weighted by atomic mass is 9.99. The summed E-state index contributed by atoms with van der Waals surface area (Å²) in [5, 5.41) is 18.0. The van der Waals surface area contributed by atoms with Gasteiger partial charge in [-0.15, -0.1) is 0 Å². The third-order valence-electron chi connectivity index (χ3n) is 2.98. The molecule has 4 heteroatoms. The van der Waals surface area contributed by atoms with Crippen LogP contribution in [0.5, 0.6) is 11.5 Å². The van der Waals surface area contributed by atoms with Gasteiger partial charge in [0.15, 0.2) is 0 Å². The van der Waals surface area contributed by atoms with Crippen molar-refractivity contribution in [2.45, 2.75) is 0 Å². The van der Waals surface area contributed by atoms with Crippen LogP contribution in [0.3, 0.4) is 0 Å². The number of methoxy groups -OCH3 is 2. The van der Waals surface area contributed by atoms with Gasteiger partial charge in [0.1, 0.15) is 23.6 Å². The molecule has 20 heavy (non-hydrogen) atoms. The van der Waals surface area contributed by atoms with Gasteiger partial charge in [-0.05, 0) is 35.9 Å². The van der Waals surface area contributed by atoms with Crippen LogP contribution in [0.4, 0.5) is 0 Å². The SMILES string of the molecule is COc1ccc(OC)c(-c2ccc(C#N)c(C#N)c2)c1. The highest BCUT2D eigenvalue weighted by Gasteiger charge is 2.10. The Morgan fingerprint density at radius 1 is 0.850 bits per heavy atom. The monoisotopic (exact) mass is 264 g/mol. The smallest absolute Gasteiger partial charge is 0.126 e. The number of benzene rings is 2. The fraction of sp³-hybridized carbons (Fsp3) is 0.125. The normalized spacial score (nSPS) is 9.40. The van der Waals surface area contributed by atoms with Crippen molar-refractivity contribution in [1.82, 2.24) is 0 Å². The van der Waals surface area contributed by atoms with Crippen molar-refractivity contribution >= 4 is 0 Å². The maximum Gasteiger partial charge on any atom is 0.126 e. The molecule has 0 aliphatic heterocycles. The van der Waals surface area contributed by atoms with Crippen LogP contribution < -0.4 is 9.47 Å². The Kier molecular flexibility index (Phi) is 3.88. The van der Waals surface area contributed by atoms with E-state index in [0.29, 0.717) is 22.6 Å². The first-order valence-corrected chi connectivity index (χ1v) is 5.90. The maximum atomic E-state index is 9.09. The zero-order chi connectivity index (χ0) is 14.5. The van der Waals surface area contributed by atoms with Crippen molar-refractivity contribution in [2.75, 3.05) is 14.2 Å². The summed E-state index contributed by atoms with van der Waals surface area (Å²) in [4.78, 5) is 0. The van der Waals surface area contributed by atoms with Gasteiger partial charge in [-0.2, -0.15) is 10.5 Å². The molecule has 2 aromatic rings. The molecular weight excluding hydrogens is 252 g/mol. The predicted octanol–water partition coefficient (Wildman–Crippen LogP) is 3.11. The summed E-state index contributed by atoms with van der Waals surface area (Å²) in [6.45, 7) is 0. The molecule has 0 saturated heterocycles. The van der Waals surface area contributed by atoms with Gasteiger partial charge in [-0.25, -0.2) is 0 Å². The first-order chi connectivity index (χ1) is 9.73. The summed E-state index contributed by atoms with van der Waals surface area (Å²) in [6, 6.07) is 14.6. The van der Waals surface area contributed by atoms with E-state index >= 15 is 0 Å². The zero-order valence-corrected chi connectivity index (χ0v) is 11.2. The van der Waals surface area contributed by atoms with E-state index in [1.807, 2.05) is 18.2 Å². The van der Waals surface area contributed by atoms with Gasteiger partial charge in [0, 0.05) is 5.56 Å². The van der Waals surface area contributed by atoms with Gasteiger partial charge in [0.2, 0.25) is 0 Å². The molecular formula is C16H12N2O2. The van der Waals surface area contributed by atoms with E-state index in [0.717, 1.165) is 11.1 Å². The van der Waals surface area contributed by atoms with Crippen molar-refractivity contribution in [2.24, 2.45) is 0 Å². The summed E-state index contributed by atoms with van der Waals surface area (Å²) in [5.41, 5.74) is 2.32. The van der Waals surface area contributed by atoms with E-state index in [4.69, 9.17) is 20.0 Å². The molecule has 98 valence electrons. The zero-order valence-electron chi connectivity index (χ0n) is 11.2. The number of nitriles is 2. The van der Waals surface area contributed by atoms with Crippen molar-refractivity contribution in [3.8, 4) is 34.8 Å². The number of nitrogens with zero attached hydrogens (tertiary/aromatic N) is 2. The Hall–Kier alpha value is -2.98. The molecule has 0 atom stereocenters. The summed E-state index contributed by atoms with van der Waals surface area (Å²) in [5.74, 6) is 1.38. The van der Waals surface area contributed by atoms with Gasteiger partial charge in [-0.3, -0.25) is 0 Å². The highest BCUT2D eigenvalue weighted by molar-refractivity contribution is 5.74. The molecule has 2 rings (SSSR count). The number of hydrogen-bond acceptors (Lipinski definition) is 4. The molecule has 0 spiro atoms. The van der Waals surface area contributed by atoms with E-state index < -0.39 is 0 Å². The third kappa shape index (κ3) is 2.41. The van der Waals surface area contributed by atoms with Gasteiger partial charge < -0.3 is 9.47 Å². The van der Waals surface area contributed by atoms with Crippen LogP contribution in [0.15, 0.2) is 36.4 Å². The first kappa shape index (κ1) is 13.5. The molecule has 0 saturated carbocycles. The van der Waals surface area contributed by atoms with E-state index in [2.05, 4.69) is 0 Å². The molecule has 0 unspecified atom stereocenters. The fourth-order valence-corrected chi connectivity index (χ4v) is 1.94. The lowest BCUT2D eigenvalue weighted by Gasteiger charge is -2.11. The second-order valence-corrected chi connectivity index (χ2v) is 4.05. The van der Waals surface area contributed by atoms with Crippen molar-refractivity contribution in [1.29, 1.82) is 10.5 Å². The number of rotatable bonds is 3. The maximum absolute atomic E-state index is 9.09. The Labute approximate surface area is 117 Å². The van der Waals surface area contributed by atoms with Crippen LogP contribution in [-0.4, -0.2) is 14.2 Å². The van der Waals surface area contributed by atoms with Crippen LogP contribution in [-0.2, 0) is 0 Å². The average Bonchev–Trinajstić information content (AvgIpc) is 2.53. The molecule has 2 aromatic carbocycles. The fourth-order valence-electron chi connectivity index (χ4n) is 1.94. The molecule has 0 heterocycles. The molecule has 0 aromatic heterocycles. The predicted molar refractivity (Wildman–Crippen MR) is 74.4 cm³/mol. The Morgan fingerprint density at radius 2 is 1.60 bits per heavy atom. The van der Waals surface area contributed by atoms with Crippen LogP contribution >= 0.6 is 0 Å². The Morgan fingerprint density at radius 3 is 2.20 bits per heavy atom. The second-order valence-electron chi connectivity index (χ2n) is 4.05. The lowest BCUT2D eigenvalue weighted by Crippen LogP contribution is -1.92. The molecule has 0 bridgehead atoms. The largest absolute Gasteiger partial charge is 0.497 e. The highest BCUT2D eigenvalue weighted by atomic mass is 16.5. The minimum absolute atomic E-state index is 0.342. The van der Waals surface area contributed by atoms with Gasteiger partial charge in [0.25, 0.3) is 0 Å². The second kappa shape index (κ2) is 5.77. The molecule has 0 aliphatic rings. The van der Waals surface area contributed by atoms with E-state index in [1.165, 1.54) is 0 Å². The average molecular weight is 264 g/mol. The standard InChI is InChI=1S/C16H12N2O2/c1-19-14-5-6-16(20-2)15(8-14)11-3-4-12(9-17)13(7-11)10-18/h3-8H,1-2H3. The summed E-state index contributed by atoms with van der Waals surface area (Å²) in [7, 11) is 3.17. The van der Waals surface area contributed by atoms with Gasteiger partial charge in [-0.1, -0.05) is 6.07 Å². The van der Waals surface area contributed by atoms with Gasteiger partial charge >= 0.3 is 0 Å². The molecule has 0 aliphatic carbocycles. The van der Waals surface area contributed by atoms with E-state index in [1.54, 1.807) is 44.6 Å². The highest BCUT2D eigenvalue weighted by Crippen LogP contribution is 2.34. The molecule has 0 N–H and O–H groups in total. The summed E-state index contributed by atoms with van der Waals surface area (Å²) in [6.07, 6.45) is 0. The van der Waals surface area contributed by atoms with Crippen molar-refractivity contribution in [3.05, 3.63) is 47.5 Å². The summed E-state index contributed by atoms with van der Waals surface area (Å²) >= 11 is 0. The minimum Gasteiger partial charge on any atom is -0.497 e. The molecule has 0 fully saturated rings. The minimum atomic E-state index is 0.342.